The molecule has 0 radical (unpaired) electrons. The van der Waals surface area contributed by atoms with E-state index < -0.39 is 0 Å². The van der Waals surface area contributed by atoms with Crippen LogP contribution in [0.5, 0.6) is 0 Å². The molecular formula is C14H11FN2O. The van der Waals surface area contributed by atoms with Crippen molar-refractivity contribution in [1.82, 2.24) is 4.98 Å². The van der Waals surface area contributed by atoms with E-state index in [2.05, 4.69) is 4.98 Å². The van der Waals surface area contributed by atoms with Gasteiger partial charge < -0.3 is 10.2 Å². The number of rotatable bonds is 2. The van der Waals surface area contributed by atoms with Crippen LogP contribution in [0, 0.1) is 5.82 Å². The molecule has 0 aliphatic heterocycles. The second kappa shape index (κ2) is 4.14. The van der Waals surface area contributed by atoms with E-state index >= 15 is 0 Å². The summed E-state index contributed by atoms with van der Waals surface area (Å²) in [5.74, 6) is 0.329. The first-order valence-electron chi connectivity index (χ1n) is 5.61. The standard InChI is InChI=1S/C14H11FN2O/c15-10-6-4-9(5-7-10)8-13-17-14-11(16)2-1-3-12(14)18-13/h1-7H,8,16H2. The van der Waals surface area contributed by atoms with Crippen LogP contribution in [0.15, 0.2) is 46.9 Å². The Morgan fingerprint density at radius 3 is 2.61 bits per heavy atom. The molecule has 2 aromatic carbocycles. The first kappa shape index (κ1) is 10.8. The number of benzene rings is 2. The molecule has 3 aromatic rings. The van der Waals surface area contributed by atoms with E-state index in [1.165, 1.54) is 12.1 Å². The summed E-state index contributed by atoms with van der Waals surface area (Å²) in [4.78, 5) is 4.34. The summed E-state index contributed by atoms with van der Waals surface area (Å²) < 4.78 is 18.4. The largest absolute Gasteiger partial charge is 0.440 e. The third-order valence-corrected chi connectivity index (χ3v) is 2.76. The van der Waals surface area contributed by atoms with Gasteiger partial charge in [0, 0.05) is 6.42 Å². The monoisotopic (exact) mass is 242 g/mol. The van der Waals surface area contributed by atoms with Gasteiger partial charge >= 0.3 is 0 Å². The lowest BCUT2D eigenvalue weighted by Crippen LogP contribution is -1.89. The summed E-state index contributed by atoms with van der Waals surface area (Å²) in [6.07, 6.45) is 0.522. The van der Waals surface area contributed by atoms with Crippen molar-refractivity contribution in [3.8, 4) is 0 Å². The Labute approximate surface area is 103 Å². The zero-order valence-electron chi connectivity index (χ0n) is 9.56. The SMILES string of the molecule is Nc1cccc2oc(Cc3ccc(F)cc3)nc12. The van der Waals surface area contributed by atoms with Gasteiger partial charge in [0.15, 0.2) is 11.5 Å². The van der Waals surface area contributed by atoms with Gasteiger partial charge in [-0.2, -0.15) is 0 Å². The van der Waals surface area contributed by atoms with Crippen molar-refractivity contribution in [3.05, 3.63) is 59.7 Å². The molecule has 0 spiro atoms. The fourth-order valence-corrected chi connectivity index (χ4v) is 1.87. The number of nitrogens with two attached hydrogens (primary N) is 1. The summed E-state index contributed by atoms with van der Waals surface area (Å²) in [5, 5.41) is 0. The molecule has 18 heavy (non-hydrogen) atoms. The van der Waals surface area contributed by atoms with Gasteiger partial charge in [-0.3, -0.25) is 0 Å². The van der Waals surface area contributed by atoms with Gasteiger partial charge in [0.25, 0.3) is 0 Å². The van der Waals surface area contributed by atoms with Gasteiger partial charge in [-0.25, -0.2) is 9.37 Å². The first-order valence-corrected chi connectivity index (χ1v) is 5.61. The Hall–Kier alpha value is -2.36. The second-order valence-electron chi connectivity index (χ2n) is 4.10. The number of hydrogen-bond donors (Lipinski definition) is 1. The average Bonchev–Trinajstić information content (AvgIpc) is 2.76. The molecule has 2 N–H and O–H groups in total. The highest BCUT2D eigenvalue weighted by molar-refractivity contribution is 5.85. The number of aromatic nitrogens is 1. The molecular weight excluding hydrogens is 231 g/mol. The number of para-hydroxylation sites is 1. The first-order chi connectivity index (χ1) is 8.72. The van der Waals surface area contributed by atoms with Crippen LogP contribution >= 0.6 is 0 Å². The molecule has 90 valence electrons. The third-order valence-electron chi connectivity index (χ3n) is 2.76. The van der Waals surface area contributed by atoms with Gasteiger partial charge in [0.05, 0.1) is 5.69 Å². The second-order valence-corrected chi connectivity index (χ2v) is 4.10. The molecule has 0 aliphatic rings. The highest BCUT2D eigenvalue weighted by atomic mass is 19.1. The van der Waals surface area contributed by atoms with Crippen LogP contribution in [0.2, 0.25) is 0 Å². The minimum Gasteiger partial charge on any atom is -0.440 e. The van der Waals surface area contributed by atoms with Crippen LogP contribution in [-0.4, -0.2) is 4.98 Å². The lowest BCUT2D eigenvalue weighted by atomic mass is 10.1. The van der Waals surface area contributed by atoms with Crippen LogP contribution in [0.3, 0.4) is 0 Å². The maximum atomic E-state index is 12.8. The molecule has 1 aromatic heterocycles. The predicted octanol–water partition coefficient (Wildman–Crippen LogP) is 3.14. The van der Waals surface area contributed by atoms with Crippen LogP contribution in [0.25, 0.3) is 11.1 Å². The molecule has 4 heteroatoms. The number of halogens is 1. The maximum Gasteiger partial charge on any atom is 0.199 e. The molecule has 1 heterocycles. The lowest BCUT2D eigenvalue weighted by Gasteiger charge is -1.96. The number of anilines is 1. The number of nitrogen functional groups attached to an aromatic ring is 1. The van der Waals surface area contributed by atoms with Crippen molar-refractivity contribution in [2.24, 2.45) is 0 Å². The number of hydrogen-bond acceptors (Lipinski definition) is 3. The van der Waals surface area contributed by atoms with Crippen LogP contribution in [0.1, 0.15) is 11.5 Å². The van der Waals surface area contributed by atoms with E-state index in [-0.39, 0.29) is 5.82 Å². The van der Waals surface area contributed by atoms with Crippen molar-refractivity contribution in [2.45, 2.75) is 6.42 Å². The molecule has 0 unspecified atom stereocenters. The molecule has 0 amide bonds. The van der Waals surface area contributed by atoms with E-state index in [9.17, 15) is 4.39 Å². The van der Waals surface area contributed by atoms with Gasteiger partial charge in [0.2, 0.25) is 0 Å². The van der Waals surface area contributed by atoms with E-state index in [1.807, 2.05) is 12.1 Å². The summed E-state index contributed by atoms with van der Waals surface area (Å²) in [6, 6.07) is 11.7. The molecule has 0 atom stereocenters. The Balaban J connectivity index is 1.95. The highest BCUT2D eigenvalue weighted by Crippen LogP contribution is 2.22. The fourth-order valence-electron chi connectivity index (χ4n) is 1.87. The van der Waals surface area contributed by atoms with Crippen molar-refractivity contribution in [3.63, 3.8) is 0 Å². The summed E-state index contributed by atoms with van der Waals surface area (Å²) >= 11 is 0. The van der Waals surface area contributed by atoms with Gasteiger partial charge in [-0.15, -0.1) is 0 Å². The number of nitrogens with zero attached hydrogens (tertiary/aromatic N) is 1. The van der Waals surface area contributed by atoms with E-state index in [0.717, 1.165) is 5.56 Å². The topological polar surface area (TPSA) is 52.0 Å². The number of fused-ring (bicyclic) bond motifs is 1. The Kier molecular flexibility index (Phi) is 2.48. The molecule has 0 saturated heterocycles. The van der Waals surface area contributed by atoms with Crippen molar-refractivity contribution < 1.29 is 8.81 Å². The summed E-state index contributed by atoms with van der Waals surface area (Å²) in [7, 11) is 0. The molecule has 3 nitrogen and oxygen atoms in total. The quantitative estimate of drug-likeness (QED) is 0.702. The summed E-state index contributed by atoms with van der Waals surface area (Å²) in [5.41, 5.74) is 8.70. The Bertz CT molecular complexity index is 689. The van der Waals surface area contributed by atoms with Gasteiger partial charge in [0.1, 0.15) is 11.3 Å². The van der Waals surface area contributed by atoms with E-state index in [0.29, 0.717) is 29.1 Å². The zero-order valence-corrected chi connectivity index (χ0v) is 9.56. The van der Waals surface area contributed by atoms with Gasteiger partial charge in [-0.1, -0.05) is 18.2 Å². The van der Waals surface area contributed by atoms with E-state index in [4.69, 9.17) is 10.2 Å². The van der Waals surface area contributed by atoms with Crippen molar-refractivity contribution in [2.75, 3.05) is 5.73 Å². The molecule has 0 fully saturated rings. The minimum absolute atomic E-state index is 0.249. The normalized spacial score (nSPS) is 10.9. The third kappa shape index (κ3) is 1.93. The smallest absolute Gasteiger partial charge is 0.199 e. The molecule has 3 rings (SSSR count). The Morgan fingerprint density at radius 1 is 1.11 bits per heavy atom. The van der Waals surface area contributed by atoms with Crippen LogP contribution < -0.4 is 5.73 Å². The predicted molar refractivity (Wildman–Crippen MR) is 67.6 cm³/mol. The van der Waals surface area contributed by atoms with Gasteiger partial charge in [-0.05, 0) is 29.8 Å². The summed E-state index contributed by atoms with van der Waals surface area (Å²) in [6.45, 7) is 0. The zero-order chi connectivity index (χ0) is 12.5. The maximum absolute atomic E-state index is 12.8. The molecule has 0 bridgehead atoms. The van der Waals surface area contributed by atoms with Crippen LogP contribution in [0.4, 0.5) is 10.1 Å². The number of oxazole rings is 1. The molecule has 0 aliphatic carbocycles. The average molecular weight is 242 g/mol. The van der Waals surface area contributed by atoms with Crippen molar-refractivity contribution >= 4 is 16.8 Å². The van der Waals surface area contributed by atoms with Crippen LogP contribution in [-0.2, 0) is 6.42 Å². The lowest BCUT2D eigenvalue weighted by molar-refractivity contribution is 0.543. The highest BCUT2D eigenvalue weighted by Gasteiger charge is 2.08. The fraction of sp³-hybridized carbons (Fsp3) is 0.0714. The van der Waals surface area contributed by atoms with E-state index in [1.54, 1.807) is 18.2 Å². The van der Waals surface area contributed by atoms with Crippen molar-refractivity contribution in [1.29, 1.82) is 0 Å². The Morgan fingerprint density at radius 2 is 1.89 bits per heavy atom. The minimum atomic E-state index is -0.249. The molecule has 0 saturated carbocycles.